The van der Waals surface area contributed by atoms with Crippen LogP contribution in [0.2, 0.25) is 5.02 Å². The fraction of sp³-hybridized carbons (Fsp3) is 0.385. The van der Waals surface area contributed by atoms with Crippen LogP contribution in [0.1, 0.15) is 38.1 Å². The molecule has 0 unspecified atom stereocenters. The topological polar surface area (TPSA) is 95.2 Å². The molecule has 0 N–H and O–H groups in total. The summed E-state index contributed by atoms with van der Waals surface area (Å²) in [6.45, 7) is 7.93. The average Bonchev–Trinajstić information content (AvgIpc) is 2.91. The predicted molar refractivity (Wildman–Crippen MR) is 154 cm³/mol. The third-order valence-corrected chi connectivity index (χ3v) is 7.76. The van der Waals surface area contributed by atoms with Gasteiger partial charge < -0.3 is 19.1 Å². The molecule has 1 saturated heterocycles. The molecular formula is C26H27Br2ClN4O5. The highest BCUT2D eigenvalue weighted by Gasteiger charge is 2.22. The minimum atomic E-state index is -0.287. The SMILES string of the molecule is CCOc1cc(C=Nn2c(C(C)C)nc3ccc(Br)cc3c2=O)c(Br)c(Cl)c1OCC(=O)N1CCOCC1. The van der Waals surface area contributed by atoms with Crippen LogP contribution in [0.15, 0.2) is 43.1 Å². The fourth-order valence-corrected chi connectivity index (χ4v) is 4.92. The van der Waals surface area contributed by atoms with Gasteiger partial charge in [-0.05, 0) is 47.1 Å². The quantitative estimate of drug-likeness (QED) is 0.306. The van der Waals surface area contributed by atoms with Crippen LogP contribution in [0.5, 0.6) is 11.5 Å². The Morgan fingerprint density at radius 1 is 1.24 bits per heavy atom. The summed E-state index contributed by atoms with van der Waals surface area (Å²) in [5, 5.41) is 5.16. The number of hydrogen-bond acceptors (Lipinski definition) is 7. The van der Waals surface area contributed by atoms with Crippen LogP contribution >= 0.6 is 43.5 Å². The summed E-state index contributed by atoms with van der Waals surface area (Å²) in [7, 11) is 0. The van der Waals surface area contributed by atoms with Gasteiger partial charge >= 0.3 is 0 Å². The van der Waals surface area contributed by atoms with Crippen LogP contribution in [0.25, 0.3) is 10.9 Å². The first-order valence-corrected chi connectivity index (χ1v) is 14.1. The molecule has 38 heavy (non-hydrogen) atoms. The molecule has 0 spiro atoms. The molecule has 1 aliphatic heterocycles. The highest BCUT2D eigenvalue weighted by atomic mass is 79.9. The molecule has 1 aromatic heterocycles. The third kappa shape index (κ3) is 6.22. The van der Waals surface area contributed by atoms with E-state index in [0.717, 1.165) is 4.47 Å². The molecule has 2 aromatic carbocycles. The van der Waals surface area contributed by atoms with E-state index in [1.165, 1.54) is 10.9 Å². The second-order valence-corrected chi connectivity index (χ2v) is 10.9. The van der Waals surface area contributed by atoms with Crippen molar-refractivity contribution in [1.82, 2.24) is 14.6 Å². The standard InChI is InChI=1S/C26H27Br2ClN4O5/c1-4-37-20-11-16(22(28)23(29)24(20)38-14-21(34)32-7-9-36-10-8-32)13-30-33-25(15(2)3)31-19-6-5-17(27)12-18(19)26(33)35/h5-6,11-13,15H,4,7-10,14H2,1-3H3. The van der Waals surface area contributed by atoms with E-state index in [2.05, 4.69) is 41.9 Å². The molecule has 202 valence electrons. The molecule has 9 nitrogen and oxygen atoms in total. The lowest BCUT2D eigenvalue weighted by Gasteiger charge is -2.27. The maximum absolute atomic E-state index is 13.3. The molecule has 2 heterocycles. The maximum Gasteiger partial charge on any atom is 0.282 e. The van der Waals surface area contributed by atoms with Crippen molar-refractivity contribution in [3.05, 3.63) is 60.0 Å². The Kier molecular flexibility index (Phi) is 9.45. The highest BCUT2D eigenvalue weighted by Crippen LogP contribution is 2.42. The number of fused-ring (bicyclic) bond motifs is 1. The van der Waals surface area contributed by atoms with E-state index in [-0.39, 0.29) is 34.8 Å². The molecule has 12 heteroatoms. The molecule has 4 rings (SSSR count). The second-order valence-electron chi connectivity index (χ2n) is 8.78. The van der Waals surface area contributed by atoms with Crippen LogP contribution in [0, 0.1) is 0 Å². The van der Waals surface area contributed by atoms with Gasteiger partial charge in [-0.15, -0.1) is 0 Å². The first-order chi connectivity index (χ1) is 18.2. The van der Waals surface area contributed by atoms with Crippen LogP contribution in [0.3, 0.4) is 0 Å². The number of hydrogen-bond donors (Lipinski definition) is 0. The molecule has 0 radical (unpaired) electrons. The van der Waals surface area contributed by atoms with Crippen LogP contribution in [-0.2, 0) is 9.53 Å². The Balaban J connectivity index is 1.69. The number of benzene rings is 2. The van der Waals surface area contributed by atoms with Crippen molar-refractivity contribution in [2.75, 3.05) is 39.5 Å². The van der Waals surface area contributed by atoms with Crippen LogP contribution < -0.4 is 15.0 Å². The molecule has 0 bridgehead atoms. The largest absolute Gasteiger partial charge is 0.490 e. The van der Waals surface area contributed by atoms with E-state index < -0.39 is 0 Å². The molecule has 0 atom stereocenters. The molecule has 1 fully saturated rings. The van der Waals surface area contributed by atoms with Gasteiger partial charge in [0.1, 0.15) is 10.8 Å². The molecule has 0 saturated carbocycles. The Bertz CT molecular complexity index is 1440. The highest BCUT2D eigenvalue weighted by molar-refractivity contribution is 9.10. The number of halogens is 3. The number of ether oxygens (including phenoxy) is 3. The number of amides is 1. The first-order valence-electron chi connectivity index (χ1n) is 12.1. The van der Waals surface area contributed by atoms with Crippen molar-refractivity contribution in [3.63, 3.8) is 0 Å². The molecular weight excluding hydrogens is 644 g/mol. The van der Waals surface area contributed by atoms with Gasteiger partial charge in [-0.25, -0.2) is 4.98 Å². The van der Waals surface area contributed by atoms with Gasteiger partial charge in [0, 0.05) is 33.5 Å². The van der Waals surface area contributed by atoms with E-state index in [4.69, 9.17) is 25.8 Å². The summed E-state index contributed by atoms with van der Waals surface area (Å²) >= 11 is 13.6. The summed E-state index contributed by atoms with van der Waals surface area (Å²) in [5.41, 5.74) is 0.871. The number of aromatic nitrogens is 2. The second kappa shape index (κ2) is 12.6. The van der Waals surface area contributed by atoms with Gasteiger partial charge in [-0.2, -0.15) is 9.78 Å². The monoisotopic (exact) mass is 668 g/mol. The van der Waals surface area contributed by atoms with Gasteiger partial charge in [-0.3, -0.25) is 9.59 Å². The minimum Gasteiger partial charge on any atom is -0.490 e. The maximum atomic E-state index is 13.3. The summed E-state index contributed by atoms with van der Waals surface area (Å²) in [5.74, 6) is 0.906. The van der Waals surface area contributed by atoms with E-state index in [0.29, 0.717) is 65.4 Å². The van der Waals surface area contributed by atoms with E-state index in [1.54, 1.807) is 23.1 Å². The number of nitrogens with zero attached hydrogens (tertiary/aromatic N) is 4. The minimum absolute atomic E-state index is 0.0568. The summed E-state index contributed by atoms with van der Waals surface area (Å²) in [4.78, 5) is 32.3. The summed E-state index contributed by atoms with van der Waals surface area (Å²) < 4.78 is 19.5. The zero-order valence-electron chi connectivity index (χ0n) is 21.2. The molecule has 1 amide bonds. The van der Waals surface area contributed by atoms with E-state index in [1.807, 2.05) is 26.8 Å². The predicted octanol–water partition coefficient (Wildman–Crippen LogP) is 5.22. The van der Waals surface area contributed by atoms with E-state index in [9.17, 15) is 9.59 Å². The van der Waals surface area contributed by atoms with Crippen LogP contribution in [0.4, 0.5) is 0 Å². The van der Waals surface area contributed by atoms with Crippen molar-refractivity contribution < 1.29 is 19.0 Å². The lowest BCUT2D eigenvalue weighted by atomic mass is 10.2. The van der Waals surface area contributed by atoms with Gasteiger partial charge in [0.05, 0.1) is 36.9 Å². The smallest absolute Gasteiger partial charge is 0.282 e. The van der Waals surface area contributed by atoms with Crippen molar-refractivity contribution in [2.24, 2.45) is 5.10 Å². The van der Waals surface area contributed by atoms with Crippen molar-refractivity contribution in [3.8, 4) is 11.5 Å². The van der Waals surface area contributed by atoms with Crippen LogP contribution in [-0.4, -0.2) is 66.2 Å². The zero-order chi connectivity index (χ0) is 27.4. The van der Waals surface area contributed by atoms with E-state index >= 15 is 0 Å². The van der Waals surface area contributed by atoms with Gasteiger partial charge in [0.2, 0.25) is 0 Å². The Labute approximate surface area is 242 Å². The summed E-state index contributed by atoms with van der Waals surface area (Å²) in [6, 6.07) is 7.07. The van der Waals surface area contributed by atoms with Crippen molar-refractivity contribution in [2.45, 2.75) is 26.7 Å². The van der Waals surface area contributed by atoms with Crippen molar-refractivity contribution in [1.29, 1.82) is 0 Å². The Hall–Kier alpha value is -2.47. The van der Waals surface area contributed by atoms with Crippen molar-refractivity contribution >= 4 is 66.5 Å². The number of carbonyl (C=O) groups is 1. The number of rotatable bonds is 8. The number of morpholine rings is 1. The lowest BCUT2D eigenvalue weighted by Crippen LogP contribution is -2.43. The first kappa shape index (κ1) is 28.5. The third-order valence-electron chi connectivity index (χ3n) is 5.82. The van der Waals surface area contributed by atoms with Gasteiger partial charge in [0.15, 0.2) is 18.1 Å². The molecule has 1 aliphatic rings. The number of carbonyl (C=O) groups excluding carboxylic acids is 1. The van der Waals surface area contributed by atoms with Gasteiger partial charge in [-0.1, -0.05) is 41.4 Å². The zero-order valence-corrected chi connectivity index (χ0v) is 25.1. The van der Waals surface area contributed by atoms with Gasteiger partial charge in [0.25, 0.3) is 11.5 Å². The Morgan fingerprint density at radius 2 is 1.97 bits per heavy atom. The normalized spacial score (nSPS) is 14.0. The summed E-state index contributed by atoms with van der Waals surface area (Å²) in [6.07, 6.45) is 1.51. The lowest BCUT2D eigenvalue weighted by molar-refractivity contribution is -0.137. The molecule has 0 aliphatic carbocycles. The average molecular weight is 671 g/mol. The Morgan fingerprint density at radius 3 is 2.66 bits per heavy atom. The molecule has 3 aromatic rings. The fourth-order valence-electron chi connectivity index (χ4n) is 3.90.